The Morgan fingerprint density at radius 2 is 2.05 bits per heavy atom. The zero-order chi connectivity index (χ0) is 15.6. The van der Waals surface area contributed by atoms with Crippen molar-refractivity contribution < 1.29 is 13.2 Å². The number of rotatable bonds is 3. The summed E-state index contributed by atoms with van der Waals surface area (Å²) in [6.07, 6.45) is -3.15. The van der Waals surface area contributed by atoms with E-state index in [2.05, 4.69) is 5.10 Å². The zero-order valence-corrected chi connectivity index (χ0v) is 11.1. The van der Waals surface area contributed by atoms with Crippen LogP contribution >= 0.6 is 0 Å². The SMILES string of the molecule is CCN(N)c1cnn(-c2cccc(C(F)(F)F)c2)c(=O)c1. The second kappa shape index (κ2) is 5.57. The van der Waals surface area contributed by atoms with Crippen LogP contribution in [0.15, 0.2) is 41.3 Å². The van der Waals surface area contributed by atoms with Crippen LogP contribution in [0.1, 0.15) is 12.5 Å². The highest BCUT2D eigenvalue weighted by atomic mass is 19.4. The molecule has 0 aliphatic rings. The molecule has 0 atom stereocenters. The van der Waals surface area contributed by atoms with Gasteiger partial charge in [-0.25, -0.2) is 5.84 Å². The van der Waals surface area contributed by atoms with Gasteiger partial charge in [-0.3, -0.25) is 4.79 Å². The lowest BCUT2D eigenvalue weighted by Gasteiger charge is -2.16. The maximum atomic E-state index is 12.7. The summed E-state index contributed by atoms with van der Waals surface area (Å²) in [6.45, 7) is 2.26. The Morgan fingerprint density at radius 3 is 2.62 bits per heavy atom. The highest BCUT2D eigenvalue weighted by Gasteiger charge is 2.30. The van der Waals surface area contributed by atoms with Crippen molar-refractivity contribution >= 4 is 5.69 Å². The molecule has 2 N–H and O–H groups in total. The minimum atomic E-state index is -4.48. The van der Waals surface area contributed by atoms with Gasteiger partial charge >= 0.3 is 6.18 Å². The van der Waals surface area contributed by atoms with Gasteiger partial charge in [0.2, 0.25) is 0 Å². The van der Waals surface area contributed by atoms with Crippen molar-refractivity contribution in [3.63, 3.8) is 0 Å². The fourth-order valence-electron chi connectivity index (χ4n) is 1.75. The van der Waals surface area contributed by atoms with E-state index in [1.807, 2.05) is 0 Å². The molecule has 1 heterocycles. The minimum Gasteiger partial charge on any atom is -0.310 e. The molecule has 0 radical (unpaired) electrons. The quantitative estimate of drug-likeness (QED) is 0.695. The van der Waals surface area contributed by atoms with Gasteiger partial charge in [-0.1, -0.05) is 6.07 Å². The summed E-state index contributed by atoms with van der Waals surface area (Å²) in [6, 6.07) is 5.62. The number of halogens is 3. The third kappa shape index (κ3) is 3.22. The first-order valence-electron chi connectivity index (χ1n) is 6.12. The van der Waals surface area contributed by atoms with Crippen LogP contribution in [-0.4, -0.2) is 16.3 Å². The first kappa shape index (κ1) is 15.0. The van der Waals surface area contributed by atoms with E-state index in [-0.39, 0.29) is 5.69 Å². The zero-order valence-electron chi connectivity index (χ0n) is 11.1. The lowest BCUT2D eigenvalue weighted by atomic mass is 10.2. The van der Waals surface area contributed by atoms with E-state index in [0.717, 1.165) is 16.8 Å². The molecule has 0 unspecified atom stereocenters. The molecule has 0 saturated heterocycles. The number of hydrogen-bond donors (Lipinski definition) is 1. The number of hydrogen-bond acceptors (Lipinski definition) is 4. The highest BCUT2D eigenvalue weighted by Crippen LogP contribution is 2.29. The third-order valence-electron chi connectivity index (χ3n) is 2.88. The molecule has 0 bridgehead atoms. The molecule has 8 heteroatoms. The number of anilines is 1. The minimum absolute atomic E-state index is 0.0430. The standard InChI is InChI=1S/C13H13F3N4O/c1-2-19(17)11-7-12(21)20(18-8-11)10-5-3-4-9(6-10)13(14,15)16/h3-8H,2,17H2,1H3. The Morgan fingerprint density at radius 1 is 1.33 bits per heavy atom. The topological polar surface area (TPSA) is 64.2 Å². The maximum absolute atomic E-state index is 12.7. The summed E-state index contributed by atoms with van der Waals surface area (Å²) in [7, 11) is 0. The van der Waals surface area contributed by atoms with Crippen LogP contribution in [0.3, 0.4) is 0 Å². The van der Waals surface area contributed by atoms with Gasteiger partial charge in [-0.15, -0.1) is 0 Å². The van der Waals surface area contributed by atoms with Gasteiger partial charge in [0.05, 0.1) is 23.1 Å². The second-order valence-electron chi connectivity index (χ2n) is 4.30. The molecule has 5 nitrogen and oxygen atoms in total. The van der Waals surface area contributed by atoms with Gasteiger partial charge in [0.1, 0.15) is 0 Å². The van der Waals surface area contributed by atoms with E-state index in [1.165, 1.54) is 29.4 Å². The van der Waals surface area contributed by atoms with E-state index in [9.17, 15) is 18.0 Å². The summed E-state index contributed by atoms with van der Waals surface area (Å²) in [5.74, 6) is 5.63. The summed E-state index contributed by atoms with van der Waals surface area (Å²) >= 11 is 0. The van der Waals surface area contributed by atoms with Crippen molar-refractivity contribution in [3.05, 3.63) is 52.4 Å². The normalized spacial score (nSPS) is 11.5. The van der Waals surface area contributed by atoms with E-state index >= 15 is 0 Å². The van der Waals surface area contributed by atoms with E-state index in [4.69, 9.17) is 5.84 Å². The molecule has 0 spiro atoms. The van der Waals surface area contributed by atoms with E-state index in [0.29, 0.717) is 12.2 Å². The lowest BCUT2D eigenvalue weighted by molar-refractivity contribution is -0.137. The first-order valence-corrected chi connectivity index (χ1v) is 6.12. The van der Waals surface area contributed by atoms with Gasteiger partial charge in [-0.05, 0) is 25.1 Å². The average Bonchev–Trinajstić information content (AvgIpc) is 2.45. The van der Waals surface area contributed by atoms with Gasteiger partial charge < -0.3 is 5.01 Å². The van der Waals surface area contributed by atoms with Crippen LogP contribution < -0.4 is 16.4 Å². The molecular formula is C13H13F3N4O. The Bertz CT molecular complexity index is 696. The Kier molecular flexibility index (Phi) is 3.99. The number of nitrogens with zero attached hydrogens (tertiary/aromatic N) is 3. The molecule has 21 heavy (non-hydrogen) atoms. The predicted molar refractivity (Wildman–Crippen MR) is 72.0 cm³/mol. The first-order chi connectivity index (χ1) is 9.82. The molecule has 1 aromatic heterocycles. The van der Waals surface area contributed by atoms with Crippen LogP contribution in [0.2, 0.25) is 0 Å². The average molecular weight is 298 g/mol. The second-order valence-corrected chi connectivity index (χ2v) is 4.30. The van der Waals surface area contributed by atoms with Gasteiger partial charge in [0.25, 0.3) is 5.56 Å². The van der Waals surface area contributed by atoms with Crippen LogP contribution in [-0.2, 0) is 6.18 Å². The van der Waals surface area contributed by atoms with Crippen molar-refractivity contribution in [2.24, 2.45) is 5.84 Å². The summed E-state index contributed by atoms with van der Waals surface area (Å²) < 4.78 is 38.9. The maximum Gasteiger partial charge on any atom is 0.416 e. The molecular weight excluding hydrogens is 285 g/mol. The van der Waals surface area contributed by atoms with Crippen LogP contribution in [0.5, 0.6) is 0 Å². The summed E-state index contributed by atoms with van der Waals surface area (Å²) in [5, 5.41) is 5.17. The monoisotopic (exact) mass is 298 g/mol. The molecule has 112 valence electrons. The summed E-state index contributed by atoms with van der Waals surface area (Å²) in [5.41, 5.74) is -0.963. The van der Waals surface area contributed by atoms with Gasteiger partial charge in [-0.2, -0.15) is 23.0 Å². The molecule has 0 aliphatic heterocycles. The Balaban J connectivity index is 2.46. The molecule has 0 aliphatic carbocycles. The van der Waals surface area contributed by atoms with Crippen LogP contribution in [0, 0.1) is 0 Å². The molecule has 2 rings (SSSR count). The fraction of sp³-hybridized carbons (Fsp3) is 0.231. The van der Waals surface area contributed by atoms with E-state index in [1.54, 1.807) is 6.92 Å². The van der Waals surface area contributed by atoms with Crippen molar-refractivity contribution in [2.75, 3.05) is 11.6 Å². The van der Waals surface area contributed by atoms with Crippen molar-refractivity contribution in [1.29, 1.82) is 0 Å². The number of benzene rings is 1. The largest absolute Gasteiger partial charge is 0.416 e. The fourth-order valence-corrected chi connectivity index (χ4v) is 1.75. The Hall–Kier alpha value is -2.35. The highest BCUT2D eigenvalue weighted by molar-refractivity contribution is 5.43. The summed E-state index contributed by atoms with van der Waals surface area (Å²) in [4.78, 5) is 12.0. The van der Waals surface area contributed by atoms with Crippen LogP contribution in [0.25, 0.3) is 5.69 Å². The number of aromatic nitrogens is 2. The van der Waals surface area contributed by atoms with Gasteiger partial charge in [0, 0.05) is 12.6 Å². The molecule has 0 saturated carbocycles. The predicted octanol–water partition coefficient (Wildman–Crippen LogP) is 1.95. The van der Waals surface area contributed by atoms with Crippen LogP contribution in [0.4, 0.5) is 18.9 Å². The van der Waals surface area contributed by atoms with E-state index < -0.39 is 17.3 Å². The third-order valence-corrected chi connectivity index (χ3v) is 2.88. The molecule has 1 aromatic carbocycles. The molecule has 0 fully saturated rings. The Labute approximate surface area is 118 Å². The number of hydrazine groups is 1. The van der Waals surface area contributed by atoms with Crippen molar-refractivity contribution in [2.45, 2.75) is 13.1 Å². The molecule has 0 amide bonds. The smallest absolute Gasteiger partial charge is 0.310 e. The van der Waals surface area contributed by atoms with Crippen molar-refractivity contribution in [3.8, 4) is 5.69 Å². The van der Waals surface area contributed by atoms with Gasteiger partial charge in [0.15, 0.2) is 0 Å². The van der Waals surface area contributed by atoms with Crippen molar-refractivity contribution in [1.82, 2.24) is 9.78 Å². The number of nitrogens with two attached hydrogens (primary N) is 1. The number of alkyl halides is 3. The lowest BCUT2D eigenvalue weighted by Crippen LogP contribution is -2.32. The molecule has 2 aromatic rings.